The number of rotatable bonds is 6. The molecule has 1 aliphatic carbocycles. The summed E-state index contributed by atoms with van der Waals surface area (Å²) < 4.78 is 49.5. The Morgan fingerprint density at radius 2 is 1.77 bits per heavy atom. The molecule has 2 aromatic heterocycles. The molecule has 10 heteroatoms. The molecule has 3 N–H and O–H groups in total. The lowest BCUT2D eigenvalue weighted by atomic mass is 9.77. The molecule has 0 unspecified atom stereocenters. The highest BCUT2D eigenvalue weighted by Gasteiger charge is 2.31. The van der Waals surface area contributed by atoms with Crippen LogP contribution in [0.5, 0.6) is 0 Å². The number of hydrogen-bond acceptors (Lipinski definition) is 6. The topological polar surface area (TPSA) is 84.2 Å². The zero-order valence-electron chi connectivity index (χ0n) is 19.8. The second-order valence-corrected chi connectivity index (χ2v) is 10.1. The van der Waals surface area contributed by atoms with E-state index in [-0.39, 0.29) is 23.9 Å². The molecule has 1 saturated heterocycles. The fourth-order valence-electron chi connectivity index (χ4n) is 5.19. The van der Waals surface area contributed by atoms with Gasteiger partial charge in [-0.1, -0.05) is 0 Å². The molecule has 3 aromatic rings. The molecule has 1 aliphatic heterocycles. The van der Waals surface area contributed by atoms with E-state index in [4.69, 9.17) is 4.74 Å². The standard InChI is InChI=1S/C25H30F3N5O2/c1-25(2,34)14-3-5-16(6-4-14)30-22-11-21-20(12-29-22)31-24(33(21)17-7-8-35-13-17)32-23-18(27)9-15(26)10-19(23)28/h9-12,14,16-17,34H,3-8,13H2,1-2H3,(H,29,30)(H,31,32)/t14?,16?,17-/m0/s1. The largest absolute Gasteiger partial charge is 0.390 e. The smallest absolute Gasteiger partial charge is 0.208 e. The third-order valence-electron chi connectivity index (χ3n) is 7.17. The second kappa shape index (κ2) is 9.31. The quantitative estimate of drug-likeness (QED) is 0.436. The number of aliphatic hydroxyl groups is 1. The minimum Gasteiger partial charge on any atom is -0.390 e. The number of aromatic nitrogens is 3. The number of anilines is 3. The van der Waals surface area contributed by atoms with E-state index in [1.54, 1.807) is 6.20 Å². The Labute approximate surface area is 201 Å². The number of ether oxygens (including phenoxy) is 1. The van der Waals surface area contributed by atoms with Gasteiger partial charge in [0, 0.05) is 30.8 Å². The van der Waals surface area contributed by atoms with Crippen LogP contribution in [0, 0.1) is 23.4 Å². The SMILES string of the molecule is CC(C)(O)C1CCC(Nc2cc3c(cn2)nc(Nc2c(F)cc(F)cc2F)n3[C@H]2CCOC2)CC1. The average Bonchev–Trinajstić information content (AvgIpc) is 3.43. The lowest BCUT2D eigenvalue weighted by molar-refractivity contribution is -0.000403. The van der Waals surface area contributed by atoms with Crippen LogP contribution in [-0.4, -0.2) is 44.5 Å². The van der Waals surface area contributed by atoms with E-state index in [0.717, 1.165) is 37.6 Å². The van der Waals surface area contributed by atoms with Gasteiger partial charge in [0.1, 0.15) is 22.8 Å². The van der Waals surface area contributed by atoms with Crippen molar-refractivity contribution in [2.24, 2.45) is 5.92 Å². The molecule has 188 valence electrons. The van der Waals surface area contributed by atoms with Crippen LogP contribution < -0.4 is 10.6 Å². The van der Waals surface area contributed by atoms with Crippen LogP contribution in [-0.2, 0) is 4.74 Å². The number of nitrogens with one attached hydrogen (secondary N) is 2. The van der Waals surface area contributed by atoms with Gasteiger partial charge >= 0.3 is 0 Å². The summed E-state index contributed by atoms with van der Waals surface area (Å²) in [6, 6.07) is 3.32. The predicted octanol–water partition coefficient (Wildman–Crippen LogP) is 5.30. The van der Waals surface area contributed by atoms with Gasteiger partial charge in [0.15, 0.2) is 11.6 Å². The van der Waals surface area contributed by atoms with Crippen molar-refractivity contribution in [1.82, 2.24) is 14.5 Å². The van der Waals surface area contributed by atoms with Gasteiger partial charge in [-0.05, 0) is 51.9 Å². The summed E-state index contributed by atoms with van der Waals surface area (Å²) in [7, 11) is 0. The van der Waals surface area contributed by atoms with Gasteiger partial charge in [0.2, 0.25) is 5.95 Å². The van der Waals surface area contributed by atoms with Crippen LogP contribution in [0.25, 0.3) is 11.0 Å². The van der Waals surface area contributed by atoms with Gasteiger partial charge in [-0.2, -0.15) is 0 Å². The van der Waals surface area contributed by atoms with E-state index >= 15 is 0 Å². The van der Waals surface area contributed by atoms with E-state index in [1.807, 2.05) is 24.5 Å². The van der Waals surface area contributed by atoms with Crippen molar-refractivity contribution in [1.29, 1.82) is 0 Å². The molecule has 2 aliphatic rings. The summed E-state index contributed by atoms with van der Waals surface area (Å²) in [5, 5.41) is 16.5. The van der Waals surface area contributed by atoms with Gasteiger partial charge in [-0.15, -0.1) is 0 Å². The summed E-state index contributed by atoms with van der Waals surface area (Å²) in [4.78, 5) is 9.04. The fraction of sp³-hybridized carbons (Fsp3) is 0.520. The van der Waals surface area contributed by atoms with Crippen LogP contribution in [0.3, 0.4) is 0 Å². The third kappa shape index (κ3) is 4.95. The monoisotopic (exact) mass is 489 g/mol. The van der Waals surface area contributed by atoms with Gasteiger partial charge < -0.3 is 25.0 Å². The Morgan fingerprint density at radius 1 is 1.06 bits per heavy atom. The molecule has 0 bridgehead atoms. The molecule has 35 heavy (non-hydrogen) atoms. The zero-order valence-corrected chi connectivity index (χ0v) is 19.8. The Balaban J connectivity index is 1.44. The third-order valence-corrected chi connectivity index (χ3v) is 7.17. The van der Waals surface area contributed by atoms with Gasteiger partial charge in [0.25, 0.3) is 0 Å². The van der Waals surface area contributed by atoms with Crippen LogP contribution in [0.15, 0.2) is 24.4 Å². The van der Waals surface area contributed by atoms with Crippen molar-refractivity contribution < 1.29 is 23.0 Å². The van der Waals surface area contributed by atoms with Crippen LogP contribution >= 0.6 is 0 Å². The maximum atomic E-state index is 14.3. The number of nitrogens with zero attached hydrogens (tertiary/aromatic N) is 3. The number of fused-ring (bicyclic) bond motifs is 1. The second-order valence-electron chi connectivity index (χ2n) is 10.1. The Hall–Kier alpha value is -2.85. The Kier molecular flexibility index (Phi) is 6.35. The van der Waals surface area contributed by atoms with Crippen LogP contribution in [0.2, 0.25) is 0 Å². The van der Waals surface area contributed by atoms with Gasteiger partial charge in [-0.3, -0.25) is 0 Å². The lowest BCUT2D eigenvalue weighted by Gasteiger charge is -2.36. The number of benzene rings is 1. The molecule has 5 rings (SSSR count). The molecule has 0 radical (unpaired) electrons. The number of pyridine rings is 1. The normalized spacial score (nSPS) is 23.1. The minimum absolute atomic E-state index is 0.0773. The molecular weight excluding hydrogens is 459 g/mol. The predicted molar refractivity (Wildman–Crippen MR) is 127 cm³/mol. The van der Waals surface area contributed by atoms with E-state index in [0.29, 0.717) is 36.7 Å². The summed E-state index contributed by atoms with van der Waals surface area (Å²) in [6.07, 6.45) is 6.09. The molecule has 0 amide bonds. The van der Waals surface area contributed by atoms with Crippen LogP contribution in [0.4, 0.5) is 30.6 Å². The molecule has 0 spiro atoms. The molecule has 1 saturated carbocycles. The lowest BCUT2D eigenvalue weighted by Crippen LogP contribution is -2.37. The molecule has 1 atom stereocenters. The maximum absolute atomic E-state index is 14.3. The Bertz CT molecular complexity index is 1190. The van der Waals surface area contributed by atoms with Crippen LogP contribution in [0.1, 0.15) is 52.0 Å². The number of imidazole rings is 1. The Morgan fingerprint density at radius 3 is 2.40 bits per heavy atom. The molecule has 3 heterocycles. The van der Waals surface area contributed by atoms with E-state index < -0.39 is 28.7 Å². The molecule has 7 nitrogen and oxygen atoms in total. The molecule has 1 aromatic carbocycles. The number of hydrogen-bond donors (Lipinski definition) is 3. The van der Waals surface area contributed by atoms with Gasteiger partial charge in [-0.25, -0.2) is 23.1 Å². The molecular formula is C25H30F3N5O2. The first kappa shape index (κ1) is 23.9. The van der Waals surface area contributed by atoms with Crippen molar-refractivity contribution in [2.45, 2.75) is 63.6 Å². The highest BCUT2D eigenvalue weighted by atomic mass is 19.1. The van der Waals surface area contributed by atoms with E-state index in [1.165, 1.54) is 0 Å². The van der Waals surface area contributed by atoms with Crippen molar-refractivity contribution in [3.8, 4) is 0 Å². The zero-order chi connectivity index (χ0) is 24.7. The fourth-order valence-corrected chi connectivity index (χ4v) is 5.19. The average molecular weight is 490 g/mol. The first-order valence-electron chi connectivity index (χ1n) is 12.0. The van der Waals surface area contributed by atoms with Gasteiger partial charge in [0.05, 0.1) is 30.0 Å². The number of halogens is 3. The summed E-state index contributed by atoms with van der Waals surface area (Å²) in [5.74, 6) is -1.85. The van der Waals surface area contributed by atoms with Crippen molar-refractivity contribution >= 4 is 28.5 Å². The highest BCUT2D eigenvalue weighted by Crippen LogP contribution is 2.35. The van der Waals surface area contributed by atoms with E-state index in [2.05, 4.69) is 20.6 Å². The van der Waals surface area contributed by atoms with Crippen molar-refractivity contribution in [2.75, 3.05) is 23.8 Å². The maximum Gasteiger partial charge on any atom is 0.208 e. The summed E-state index contributed by atoms with van der Waals surface area (Å²) >= 11 is 0. The van der Waals surface area contributed by atoms with Crippen molar-refractivity contribution in [3.05, 3.63) is 41.8 Å². The van der Waals surface area contributed by atoms with Crippen molar-refractivity contribution in [3.63, 3.8) is 0 Å². The summed E-state index contributed by atoms with van der Waals surface area (Å²) in [6.45, 7) is 4.75. The first-order chi connectivity index (χ1) is 16.7. The summed E-state index contributed by atoms with van der Waals surface area (Å²) in [5.41, 5.74) is 0.189. The highest BCUT2D eigenvalue weighted by molar-refractivity contribution is 5.81. The minimum atomic E-state index is -1.04. The first-order valence-corrected chi connectivity index (χ1v) is 12.0. The molecule has 2 fully saturated rings. The van der Waals surface area contributed by atoms with E-state index in [9.17, 15) is 18.3 Å².